The topological polar surface area (TPSA) is 95.4 Å². The Balaban J connectivity index is 1.89. The molecule has 0 saturated heterocycles. The smallest absolute Gasteiger partial charge is 0.281 e. The fraction of sp³-hybridized carbons (Fsp3) is 0.100. The number of nitro groups is 1. The summed E-state index contributed by atoms with van der Waals surface area (Å²) < 4.78 is 13.4. The van der Waals surface area contributed by atoms with Crippen molar-refractivity contribution in [2.75, 3.05) is 23.4 Å². The molecule has 0 radical (unpaired) electrons. The van der Waals surface area contributed by atoms with Gasteiger partial charge >= 0.3 is 0 Å². The number of hydrogen-bond acceptors (Lipinski definition) is 6. The summed E-state index contributed by atoms with van der Waals surface area (Å²) >= 11 is 0. The molecule has 0 aromatic heterocycles. The van der Waals surface area contributed by atoms with Crippen LogP contribution in [0.2, 0.25) is 0 Å². The van der Waals surface area contributed by atoms with Crippen LogP contribution in [0.3, 0.4) is 0 Å². The second kappa shape index (κ2) is 5.99. The first-order valence-corrected chi connectivity index (χ1v) is 8.84. The molecular weight excluding hydrogens is 377 g/mol. The lowest BCUT2D eigenvalue weighted by molar-refractivity contribution is -0.375. The zero-order valence-corrected chi connectivity index (χ0v) is 15.2. The molecule has 4 aliphatic rings. The van der Waals surface area contributed by atoms with Gasteiger partial charge in [0.15, 0.2) is 0 Å². The van der Waals surface area contributed by atoms with Gasteiger partial charge in [0.05, 0.1) is 32.3 Å². The number of nitrogens with one attached hydrogen (secondary N) is 1. The van der Waals surface area contributed by atoms with Crippen LogP contribution in [0.15, 0.2) is 47.5 Å². The summed E-state index contributed by atoms with van der Waals surface area (Å²) in [5.41, 5.74) is 1.56. The third-order valence-electron chi connectivity index (χ3n) is 5.18. The van der Waals surface area contributed by atoms with Crippen LogP contribution < -0.4 is 25.9 Å². The summed E-state index contributed by atoms with van der Waals surface area (Å²) in [6.45, 7) is 0.412. The minimum Gasteiger partial charge on any atom is -0.349 e. The number of hydrogen-bond donors (Lipinski definition) is 1. The Morgan fingerprint density at radius 1 is 1.24 bits per heavy atom. The van der Waals surface area contributed by atoms with Gasteiger partial charge in [-0.2, -0.15) is 0 Å². The van der Waals surface area contributed by atoms with Gasteiger partial charge in [-0.3, -0.25) is 14.9 Å². The first kappa shape index (κ1) is 17.1. The summed E-state index contributed by atoms with van der Waals surface area (Å²) in [5.74, 6) is 0.122. The third kappa shape index (κ3) is 2.44. The fourth-order valence-corrected chi connectivity index (χ4v) is 3.87. The molecule has 1 aromatic rings. The number of halogens is 1. The summed E-state index contributed by atoms with van der Waals surface area (Å²) in [5, 5.41) is 12.5. The number of anilines is 3. The van der Waals surface area contributed by atoms with Crippen LogP contribution in [0.25, 0.3) is 22.9 Å². The zero-order chi connectivity index (χ0) is 20.3. The number of fused-ring (bicyclic) bond motifs is 2. The Bertz CT molecular complexity index is 1360. The lowest BCUT2D eigenvalue weighted by Gasteiger charge is -2.26. The molecule has 0 atom stereocenters. The minimum atomic E-state index is -0.489. The van der Waals surface area contributed by atoms with Crippen molar-refractivity contribution < 1.29 is 9.31 Å². The Labute approximate surface area is 163 Å². The Hall–Kier alpha value is -4.01. The van der Waals surface area contributed by atoms with Gasteiger partial charge in [-0.15, -0.1) is 0 Å². The predicted octanol–water partition coefficient (Wildman–Crippen LogP) is 1.29. The molecule has 0 spiro atoms. The molecule has 0 unspecified atom stereocenters. The zero-order valence-electron chi connectivity index (χ0n) is 15.2. The van der Waals surface area contributed by atoms with Crippen molar-refractivity contribution in [3.8, 4) is 11.1 Å². The van der Waals surface area contributed by atoms with Crippen molar-refractivity contribution in [2.24, 2.45) is 0 Å². The maximum Gasteiger partial charge on any atom is 0.281 e. The lowest BCUT2D eigenvalue weighted by Crippen LogP contribution is -2.27. The van der Waals surface area contributed by atoms with E-state index in [4.69, 9.17) is 0 Å². The van der Waals surface area contributed by atoms with E-state index in [9.17, 15) is 19.3 Å². The Morgan fingerprint density at radius 3 is 2.72 bits per heavy atom. The number of H-pyrrole nitrogens is 1. The number of aromatic nitrogens is 2. The van der Waals surface area contributed by atoms with Gasteiger partial charge in [0.1, 0.15) is 11.6 Å². The van der Waals surface area contributed by atoms with Crippen molar-refractivity contribution >= 4 is 29.0 Å². The van der Waals surface area contributed by atoms with Gasteiger partial charge in [-0.25, -0.2) is 9.37 Å². The van der Waals surface area contributed by atoms with Crippen LogP contribution in [0.5, 0.6) is 0 Å². The normalized spacial score (nSPS) is 14.8. The van der Waals surface area contributed by atoms with Crippen LogP contribution in [0.4, 0.5) is 21.6 Å². The molecule has 8 nitrogen and oxygen atoms in total. The summed E-state index contributed by atoms with van der Waals surface area (Å²) in [6, 6.07) is 5.95. The maximum atomic E-state index is 13.4. The standard InChI is InChI=1S/C20H14FN5O3/c1-24-8-7-15(26(28)29)13-10-22-19-16-14(23-20(27)17(16)18(13)24)6-9-25(19)12-4-2-11(21)3-5-12/h2-8,10H,9H2,1H3,(H,23,27). The van der Waals surface area contributed by atoms with Crippen molar-refractivity contribution in [1.82, 2.24) is 9.97 Å². The molecule has 144 valence electrons. The van der Waals surface area contributed by atoms with E-state index in [1.165, 1.54) is 24.4 Å². The highest BCUT2D eigenvalue weighted by Gasteiger charge is 2.30. The van der Waals surface area contributed by atoms with Crippen molar-refractivity contribution in [3.63, 3.8) is 0 Å². The van der Waals surface area contributed by atoms with E-state index in [1.54, 1.807) is 30.3 Å². The average Bonchev–Trinajstić information content (AvgIpc) is 2.90. The average molecular weight is 391 g/mol. The minimum absolute atomic E-state index is 0.132. The largest absolute Gasteiger partial charge is 0.349 e. The molecule has 1 N–H and O–H groups in total. The van der Waals surface area contributed by atoms with Crippen molar-refractivity contribution in [2.45, 2.75) is 0 Å². The van der Waals surface area contributed by atoms with Gasteiger partial charge in [-0.05, 0) is 30.3 Å². The van der Waals surface area contributed by atoms with E-state index in [0.717, 1.165) is 0 Å². The summed E-state index contributed by atoms with van der Waals surface area (Å²) in [7, 11) is 1.73. The van der Waals surface area contributed by atoms with Crippen LogP contribution in [0.1, 0.15) is 0 Å². The number of aromatic amines is 1. The molecule has 1 aromatic carbocycles. The first-order valence-electron chi connectivity index (χ1n) is 8.84. The predicted molar refractivity (Wildman–Crippen MR) is 107 cm³/mol. The number of rotatable bonds is 2. The van der Waals surface area contributed by atoms with E-state index in [2.05, 4.69) is 9.97 Å². The molecule has 4 aliphatic heterocycles. The molecule has 0 fully saturated rings. The van der Waals surface area contributed by atoms with Gasteiger partial charge in [-0.1, -0.05) is 0 Å². The van der Waals surface area contributed by atoms with Crippen LogP contribution in [-0.2, 0) is 0 Å². The monoisotopic (exact) mass is 391 g/mol. The molecule has 5 rings (SSSR count). The Kier molecular flexibility index (Phi) is 3.54. The van der Waals surface area contributed by atoms with Crippen LogP contribution >= 0.6 is 0 Å². The van der Waals surface area contributed by atoms with Crippen LogP contribution in [0, 0.1) is 15.9 Å². The molecule has 9 heteroatoms. The van der Waals surface area contributed by atoms with E-state index in [-0.39, 0.29) is 22.3 Å². The SMILES string of the molecule is CN1C=CC([N+](=O)[O-])=c2cnc3c4c([nH]c(=O)c-4c21)=CCN3c1ccc(F)cc1. The molecule has 0 bridgehead atoms. The maximum absolute atomic E-state index is 13.4. The van der Waals surface area contributed by atoms with Gasteiger partial charge < -0.3 is 14.8 Å². The summed E-state index contributed by atoms with van der Waals surface area (Å²) in [4.78, 5) is 34.8. The highest BCUT2D eigenvalue weighted by molar-refractivity contribution is 5.91. The first-order chi connectivity index (χ1) is 14.0. The molecule has 0 amide bonds. The van der Waals surface area contributed by atoms with E-state index < -0.39 is 4.92 Å². The van der Waals surface area contributed by atoms with E-state index in [1.807, 2.05) is 11.0 Å². The van der Waals surface area contributed by atoms with Gasteiger partial charge in [0.25, 0.3) is 11.3 Å². The van der Waals surface area contributed by atoms with E-state index >= 15 is 0 Å². The molecule has 0 aliphatic carbocycles. The second-order valence-corrected chi connectivity index (χ2v) is 6.82. The highest BCUT2D eigenvalue weighted by atomic mass is 19.1. The lowest BCUT2D eigenvalue weighted by atomic mass is 10.0. The molecule has 0 saturated carbocycles. The fourth-order valence-electron chi connectivity index (χ4n) is 3.87. The second-order valence-electron chi connectivity index (χ2n) is 6.82. The molecule has 4 heterocycles. The number of benzene rings is 1. The van der Waals surface area contributed by atoms with Crippen molar-refractivity contribution in [3.05, 3.63) is 79.6 Å². The summed E-state index contributed by atoms with van der Waals surface area (Å²) in [6.07, 6.45) is 6.22. The van der Waals surface area contributed by atoms with Crippen molar-refractivity contribution in [1.29, 1.82) is 0 Å². The number of nitrogens with zero attached hydrogens (tertiary/aromatic N) is 4. The quantitative estimate of drug-likeness (QED) is 0.523. The molecule has 29 heavy (non-hydrogen) atoms. The van der Waals surface area contributed by atoms with E-state index in [0.29, 0.717) is 40.2 Å². The third-order valence-corrected chi connectivity index (χ3v) is 5.18. The van der Waals surface area contributed by atoms with Gasteiger partial charge in [0, 0.05) is 37.8 Å². The Morgan fingerprint density at radius 2 is 2.00 bits per heavy atom. The van der Waals surface area contributed by atoms with Crippen LogP contribution in [-0.4, -0.2) is 28.5 Å². The molecular formula is C20H14FN5O3. The van der Waals surface area contributed by atoms with Gasteiger partial charge in [0.2, 0.25) is 0 Å². The highest BCUT2D eigenvalue weighted by Crippen LogP contribution is 2.36.